The van der Waals surface area contributed by atoms with Gasteiger partial charge in [0.25, 0.3) is 0 Å². The Bertz CT molecular complexity index is 2010. The molecular weight excluding hydrogens is 897 g/mol. The third-order valence-electron chi connectivity index (χ3n) is 12.2. The molecule has 0 saturated carbocycles. The van der Waals surface area contributed by atoms with Gasteiger partial charge in [-0.25, -0.2) is 0 Å². The van der Waals surface area contributed by atoms with Gasteiger partial charge in [-0.3, -0.25) is 0 Å². The van der Waals surface area contributed by atoms with Crippen molar-refractivity contribution in [2.75, 3.05) is 0 Å². The van der Waals surface area contributed by atoms with Crippen molar-refractivity contribution in [3.05, 3.63) is 129 Å². The zero-order valence-electron chi connectivity index (χ0n) is 34.1. The van der Waals surface area contributed by atoms with Crippen LogP contribution in [0.25, 0.3) is 34.4 Å². The first-order valence-corrected chi connectivity index (χ1v) is 36.2. The number of fused-ring (bicyclic) bond motifs is 2. The number of rotatable bonds is 17. The molecule has 2 N–H and O–H groups in total. The molecule has 56 heavy (non-hydrogen) atoms. The van der Waals surface area contributed by atoms with E-state index >= 15 is 0 Å². The first kappa shape index (κ1) is 42.4. The number of unbranched alkanes of at least 4 members (excludes halogenated alkanes) is 2. The van der Waals surface area contributed by atoms with Crippen molar-refractivity contribution in [3.8, 4) is 22.3 Å². The molecule has 6 rings (SSSR count). The molecule has 293 valence electrons. The summed E-state index contributed by atoms with van der Waals surface area (Å²) in [6.45, 7) is 12.5. The molecule has 2 aliphatic rings. The summed E-state index contributed by atoms with van der Waals surface area (Å²) >= 11 is -6.17. The van der Waals surface area contributed by atoms with Gasteiger partial charge < -0.3 is 0 Å². The van der Waals surface area contributed by atoms with Gasteiger partial charge in [-0.15, -0.1) is 0 Å². The van der Waals surface area contributed by atoms with E-state index in [9.17, 15) is 9.59 Å². The van der Waals surface area contributed by atoms with Crippen LogP contribution in [0.1, 0.15) is 134 Å². The monoisotopic (exact) mass is 955 g/mol. The van der Waals surface area contributed by atoms with Crippen LogP contribution in [0.4, 0.5) is 0 Å². The summed E-state index contributed by atoms with van der Waals surface area (Å²) < 4.78 is -1.65. The van der Waals surface area contributed by atoms with Gasteiger partial charge in [0.05, 0.1) is 0 Å². The summed E-state index contributed by atoms with van der Waals surface area (Å²) in [5, 5.41) is 6.64. The van der Waals surface area contributed by atoms with Gasteiger partial charge in [0.1, 0.15) is 0 Å². The number of amides is 2. The molecule has 2 unspecified atom stereocenters. The Morgan fingerprint density at radius 1 is 0.571 bits per heavy atom. The number of halogens is 2. The van der Waals surface area contributed by atoms with Gasteiger partial charge in [-0.1, -0.05) is 0 Å². The van der Waals surface area contributed by atoms with Crippen molar-refractivity contribution in [1.82, 2.24) is 10.5 Å². The zero-order chi connectivity index (χ0) is 40.1. The second kappa shape index (κ2) is 18.2. The molecule has 2 atom stereocenters. The van der Waals surface area contributed by atoms with E-state index in [2.05, 4.69) is 135 Å². The van der Waals surface area contributed by atoms with Crippen LogP contribution >= 0.6 is 17.2 Å². The first-order chi connectivity index (χ1) is 27.0. The second-order valence-corrected chi connectivity index (χ2v) is 46.1. The van der Waals surface area contributed by atoms with Crippen molar-refractivity contribution in [3.63, 3.8) is 0 Å². The van der Waals surface area contributed by atoms with E-state index in [0.29, 0.717) is 0 Å². The van der Waals surface area contributed by atoms with Gasteiger partial charge in [-0.05, 0) is 0 Å². The molecule has 8 heteroatoms. The quantitative estimate of drug-likeness (QED) is 0.104. The fourth-order valence-corrected chi connectivity index (χ4v) is 39.2. The maximum absolute atomic E-state index is 13.8. The summed E-state index contributed by atoms with van der Waals surface area (Å²) in [6, 6.07) is 30.5. The Hall–Kier alpha value is -3.18. The van der Waals surface area contributed by atoms with Gasteiger partial charge in [-0.2, -0.15) is 0 Å². The summed E-state index contributed by atoms with van der Waals surface area (Å²) in [5.74, 6) is -0.358. The standard InChI is InChI=1S/2C21H23.C6H11BN2O2.2ClH.Hf/c2*1-3-5-9-16-14-18-11-8-13-20(21(18)15-16)19-12-7-6-10-17(19)4-2;1-3-5(10)8-7-9-6(11)4-2;;;/h2*6-8,10-15H,3-5,9H2,1-2H3;3-4H2,1-2H3,(H-,8,9,10,11);2*1H;/q;;;;;+1/p-1. The average molecular weight is 955 g/mol. The van der Waals surface area contributed by atoms with Crippen molar-refractivity contribution in [1.29, 1.82) is 0 Å². The molecule has 0 aromatic heterocycles. The molecule has 0 bridgehead atoms. The molecule has 4 nitrogen and oxygen atoms in total. The van der Waals surface area contributed by atoms with E-state index in [1.807, 2.05) is 13.8 Å². The van der Waals surface area contributed by atoms with Crippen LogP contribution in [0.3, 0.4) is 0 Å². The summed E-state index contributed by atoms with van der Waals surface area (Å²) in [6.07, 6.45) is 12.7. The van der Waals surface area contributed by atoms with Crippen LogP contribution in [0, 0.1) is 0 Å². The van der Waals surface area contributed by atoms with Gasteiger partial charge in [0, 0.05) is 0 Å². The SMILES string of the molecule is CCCCC1=Cc2c(-c3ccccc3CC)cccc2[CH]1[Hf]([Cl])([Cl])([B](NC(=O)CC)NC(=O)CC)[CH]1C(CCCC)=Cc2c(-c3ccccc3CC)cccc21. The van der Waals surface area contributed by atoms with Crippen LogP contribution < -0.4 is 10.5 Å². The molecule has 4 aromatic rings. The van der Waals surface area contributed by atoms with Crippen molar-refractivity contribution in [2.24, 2.45) is 0 Å². The van der Waals surface area contributed by atoms with Crippen LogP contribution in [0.5, 0.6) is 0 Å². The molecule has 0 spiro atoms. The van der Waals surface area contributed by atoms with E-state index in [-0.39, 0.29) is 32.0 Å². The number of hydrogen-bond donors (Lipinski definition) is 2. The Labute approximate surface area is 344 Å². The predicted octanol–water partition coefficient (Wildman–Crippen LogP) is 13.1. The molecular formula is C48H58BCl2HfN2O2. The fraction of sp³-hybridized carbons (Fsp3) is 0.375. The van der Waals surface area contributed by atoms with Crippen LogP contribution in [-0.4, -0.2) is 16.4 Å². The number of carbonyl (C=O) groups excluding carboxylic acids is 2. The Morgan fingerprint density at radius 2 is 0.964 bits per heavy atom. The van der Waals surface area contributed by atoms with E-state index in [1.165, 1.54) is 44.5 Å². The Balaban J connectivity index is 1.71. The molecule has 0 fully saturated rings. The zero-order valence-corrected chi connectivity index (χ0v) is 39.2. The number of aryl methyl sites for hydroxylation is 2. The van der Waals surface area contributed by atoms with E-state index in [4.69, 9.17) is 17.2 Å². The van der Waals surface area contributed by atoms with Crippen molar-refractivity contribution in [2.45, 2.75) is 113 Å². The molecule has 0 radical (unpaired) electrons. The Kier molecular flexibility index (Phi) is 13.8. The molecule has 0 saturated heterocycles. The normalized spacial score (nSPS) is 16.6. The minimum atomic E-state index is -6.17. The van der Waals surface area contributed by atoms with E-state index in [1.54, 1.807) is 0 Å². The topological polar surface area (TPSA) is 58.2 Å². The maximum atomic E-state index is 13.8. The first-order valence-electron chi connectivity index (χ1n) is 21.0. The molecule has 0 aliphatic heterocycles. The number of carbonyl (C=O) groups is 2. The van der Waals surface area contributed by atoms with Crippen LogP contribution in [0.2, 0.25) is 0 Å². The van der Waals surface area contributed by atoms with Gasteiger partial charge >= 0.3 is 346 Å². The van der Waals surface area contributed by atoms with E-state index < -0.39 is 20.5 Å². The van der Waals surface area contributed by atoms with Gasteiger partial charge in [0.15, 0.2) is 0 Å². The third-order valence-corrected chi connectivity index (χ3v) is 40.8. The molecule has 2 amide bonds. The molecule has 0 heterocycles. The number of hydrogen-bond acceptors (Lipinski definition) is 2. The van der Waals surface area contributed by atoms with Gasteiger partial charge in [0.2, 0.25) is 0 Å². The third kappa shape index (κ3) is 7.84. The summed E-state index contributed by atoms with van der Waals surface area (Å²) in [5.41, 5.74) is 14.3. The number of allylic oxidation sites excluding steroid dienone is 2. The fourth-order valence-electron chi connectivity index (χ4n) is 9.42. The van der Waals surface area contributed by atoms with Crippen molar-refractivity contribution < 1.29 is 25.5 Å². The molecule has 4 aromatic carbocycles. The van der Waals surface area contributed by atoms with Crippen LogP contribution in [-0.2, 0) is 38.3 Å². The average Bonchev–Trinajstić information content (AvgIpc) is 3.81. The predicted molar refractivity (Wildman–Crippen MR) is 237 cm³/mol. The second-order valence-electron chi connectivity index (χ2n) is 15.7. The summed E-state index contributed by atoms with van der Waals surface area (Å²) in [4.78, 5) is 27.5. The summed E-state index contributed by atoms with van der Waals surface area (Å²) in [7, 11) is 17.9. The Morgan fingerprint density at radius 3 is 1.34 bits per heavy atom. The minimum absolute atomic E-state index is 0.179. The van der Waals surface area contributed by atoms with E-state index in [0.717, 1.165) is 73.6 Å². The van der Waals surface area contributed by atoms with Crippen LogP contribution in [0.15, 0.2) is 96.1 Å². The number of nitrogens with one attached hydrogen (secondary N) is 2. The number of benzene rings is 4. The van der Waals surface area contributed by atoms with Crippen molar-refractivity contribution >= 4 is 45.7 Å². The molecule has 2 aliphatic carbocycles.